The van der Waals surface area contributed by atoms with Gasteiger partial charge >= 0.3 is 0 Å². The third-order valence-electron chi connectivity index (χ3n) is 3.03. The quantitative estimate of drug-likeness (QED) is 0.686. The minimum atomic E-state index is 0.448. The Bertz CT molecular complexity index is 760. The number of aromatic nitrogens is 2. The van der Waals surface area contributed by atoms with Gasteiger partial charge in [-0.1, -0.05) is 23.7 Å². The van der Waals surface area contributed by atoms with Crippen molar-refractivity contribution in [2.24, 2.45) is 0 Å². The van der Waals surface area contributed by atoms with Crippen molar-refractivity contribution >= 4 is 22.6 Å². The zero-order chi connectivity index (χ0) is 14.7. The standard InChI is InChI=1S/C16H13ClN2O2/c1-20-12-4-2-11(3-5-12)10-21-16-9-7-13-14(19-16)6-8-15(17)18-13/h2-9H,10H2,1H3. The van der Waals surface area contributed by atoms with Gasteiger partial charge in [-0.25, -0.2) is 9.97 Å². The molecular weight excluding hydrogens is 288 g/mol. The van der Waals surface area contributed by atoms with Gasteiger partial charge in [0.15, 0.2) is 0 Å². The van der Waals surface area contributed by atoms with Crippen LogP contribution in [0.4, 0.5) is 0 Å². The maximum atomic E-state index is 5.84. The van der Waals surface area contributed by atoms with Crippen molar-refractivity contribution in [1.82, 2.24) is 9.97 Å². The first-order chi connectivity index (χ1) is 10.2. The molecule has 0 aliphatic heterocycles. The number of benzene rings is 1. The molecule has 106 valence electrons. The van der Waals surface area contributed by atoms with Crippen LogP contribution in [0.25, 0.3) is 11.0 Å². The van der Waals surface area contributed by atoms with Crippen LogP contribution in [-0.4, -0.2) is 17.1 Å². The molecule has 4 nitrogen and oxygen atoms in total. The van der Waals surface area contributed by atoms with Crippen LogP contribution in [0.1, 0.15) is 5.56 Å². The Balaban J connectivity index is 1.73. The third-order valence-corrected chi connectivity index (χ3v) is 3.24. The Kier molecular flexibility index (Phi) is 3.88. The van der Waals surface area contributed by atoms with E-state index in [0.717, 1.165) is 22.3 Å². The summed E-state index contributed by atoms with van der Waals surface area (Å²) in [5.41, 5.74) is 2.55. The van der Waals surface area contributed by atoms with Crippen molar-refractivity contribution in [2.45, 2.75) is 6.61 Å². The van der Waals surface area contributed by atoms with E-state index in [4.69, 9.17) is 21.1 Å². The summed E-state index contributed by atoms with van der Waals surface area (Å²) >= 11 is 5.84. The summed E-state index contributed by atoms with van der Waals surface area (Å²) in [6.45, 7) is 0.448. The number of halogens is 1. The zero-order valence-electron chi connectivity index (χ0n) is 11.4. The molecule has 21 heavy (non-hydrogen) atoms. The molecule has 0 atom stereocenters. The maximum Gasteiger partial charge on any atom is 0.214 e. The smallest absolute Gasteiger partial charge is 0.214 e. The molecule has 3 rings (SSSR count). The van der Waals surface area contributed by atoms with Crippen LogP contribution >= 0.6 is 11.6 Å². The summed E-state index contributed by atoms with van der Waals surface area (Å²) in [5.74, 6) is 1.38. The average molecular weight is 301 g/mol. The second-order valence-electron chi connectivity index (χ2n) is 4.46. The average Bonchev–Trinajstić information content (AvgIpc) is 2.53. The first kappa shape index (κ1) is 13.6. The zero-order valence-corrected chi connectivity index (χ0v) is 12.2. The second-order valence-corrected chi connectivity index (χ2v) is 4.85. The molecular formula is C16H13ClN2O2. The van der Waals surface area contributed by atoms with Crippen molar-refractivity contribution in [3.05, 3.63) is 59.2 Å². The first-order valence-electron chi connectivity index (χ1n) is 6.43. The van der Waals surface area contributed by atoms with E-state index in [-0.39, 0.29) is 0 Å². The first-order valence-corrected chi connectivity index (χ1v) is 6.81. The molecule has 0 unspecified atom stereocenters. The van der Waals surface area contributed by atoms with Crippen LogP contribution in [0.2, 0.25) is 5.15 Å². The minimum absolute atomic E-state index is 0.448. The van der Waals surface area contributed by atoms with Crippen molar-refractivity contribution in [3.63, 3.8) is 0 Å². The molecule has 0 amide bonds. The predicted molar refractivity (Wildman–Crippen MR) is 81.9 cm³/mol. The Morgan fingerprint density at radius 1 is 0.905 bits per heavy atom. The highest BCUT2D eigenvalue weighted by Crippen LogP contribution is 2.18. The van der Waals surface area contributed by atoms with Gasteiger partial charge in [0.1, 0.15) is 17.5 Å². The fraction of sp³-hybridized carbons (Fsp3) is 0.125. The van der Waals surface area contributed by atoms with Crippen LogP contribution in [0.3, 0.4) is 0 Å². The van der Waals surface area contributed by atoms with Gasteiger partial charge in [-0.15, -0.1) is 0 Å². The SMILES string of the molecule is COc1ccc(COc2ccc3nc(Cl)ccc3n2)cc1. The lowest BCUT2D eigenvalue weighted by Crippen LogP contribution is -1.97. The maximum absolute atomic E-state index is 5.84. The number of fused-ring (bicyclic) bond motifs is 1. The predicted octanol–water partition coefficient (Wildman–Crippen LogP) is 3.87. The highest BCUT2D eigenvalue weighted by Gasteiger charge is 2.02. The molecule has 5 heteroatoms. The molecule has 0 N–H and O–H groups in total. The van der Waals surface area contributed by atoms with Crippen molar-refractivity contribution in [2.75, 3.05) is 7.11 Å². The lowest BCUT2D eigenvalue weighted by molar-refractivity contribution is 0.295. The monoisotopic (exact) mass is 300 g/mol. The van der Waals surface area contributed by atoms with Crippen LogP contribution in [0, 0.1) is 0 Å². The lowest BCUT2D eigenvalue weighted by atomic mass is 10.2. The molecule has 1 aromatic carbocycles. The number of methoxy groups -OCH3 is 1. The topological polar surface area (TPSA) is 44.2 Å². The van der Waals surface area contributed by atoms with Crippen molar-refractivity contribution in [3.8, 4) is 11.6 Å². The summed E-state index contributed by atoms with van der Waals surface area (Å²) < 4.78 is 10.8. The molecule has 0 saturated heterocycles. The van der Waals surface area contributed by atoms with E-state index in [1.807, 2.05) is 36.4 Å². The van der Waals surface area contributed by atoms with Crippen LogP contribution in [-0.2, 0) is 6.61 Å². The normalized spacial score (nSPS) is 10.6. The number of hydrogen-bond acceptors (Lipinski definition) is 4. The number of ether oxygens (including phenoxy) is 2. The van der Waals surface area contributed by atoms with Crippen LogP contribution < -0.4 is 9.47 Å². The van der Waals surface area contributed by atoms with E-state index >= 15 is 0 Å². The summed E-state index contributed by atoms with van der Waals surface area (Å²) in [5, 5.41) is 0.455. The van der Waals surface area contributed by atoms with Gasteiger partial charge < -0.3 is 9.47 Å². The molecule has 0 fully saturated rings. The van der Waals surface area contributed by atoms with Gasteiger partial charge in [-0.05, 0) is 35.9 Å². The summed E-state index contributed by atoms with van der Waals surface area (Å²) in [7, 11) is 1.64. The van der Waals surface area contributed by atoms with Gasteiger partial charge in [0.25, 0.3) is 0 Å². The third kappa shape index (κ3) is 3.23. The van der Waals surface area contributed by atoms with E-state index < -0.39 is 0 Å². The van der Waals surface area contributed by atoms with Gasteiger partial charge in [0.05, 0.1) is 18.1 Å². The van der Waals surface area contributed by atoms with E-state index in [1.54, 1.807) is 19.2 Å². The van der Waals surface area contributed by atoms with Gasteiger partial charge in [0, 0.05) is 6.07 Å². The van der Waals surface area contributed by atoms with E-state index in [0.29, 0.717) is 17.6 Å². The second kappa shape index (κ2) is 5.97. The largest absolute Gasteiger partial charge is 0.497 e. The Morgan fingerprint density at radius 2 is 1.62 bits per heavy atom. The molecule has 0 bridgehead atoms. The van der Waals surface area contributed by atoms with Crippen LogP contribution in [0.15, 0.2) is 48.5 Å². The molecule has 0 spiro atoms. The molecule has 0 radical (unpaired) electrons. The Labute approximate surface area is 127 Å². The highest BCUT2D eigenvalue weighted by atomic mass is 35.5. The number of rotatable bonds is 4. The number of nitrogens with zero attached hydrogens (tertiary/aromatic N) is 2. The molecule has 0 aliphatic carbocycles. The fourth-order valence-electron chi connectivity index (χ4n) is 1.93. The highest BCUT2D eigenvalue weighted by molar-refractivity contribution is 6.29. The molecule has 2 aromatic heterocycles. The van der Waals surface area contributed by atoms with Crippen molar-refractivity contribution in [1.29, 1.82) is 0 Å². The number of hydrogen-bond donors (Lipinski definition) is 0. The van der Waals surface area contributed by atoms with E-state index in [1.165, 1.54) is 0 Å². The summed E-state index contributed by atoms with van der Waals surface area (Å²) in [4.78, 5) is 8.58. The Hall–Kier alpha value is -2.33. The van der Waals surface area contributed by atoms with E-state index in [9.17, 15) is 0 Å². The van der Waals surface area contributed by atoms with Gasteiger partial charge in [-0.3, -0.25) is 0 Å². The van der Waals surface area contributed by atoms with E-state index in [2.05, 4.69) is 9.97 Å². The molecule has 0 aliphatic rings. The molecule has 3 aromatic rings. The van der Waals surface area contributed by atoms with Gasteiger partial charge in [0.2, 0.25) is 5.88 Å². The molecule has 2 heterocycles. The molecule has 0 saturated carbocycles. The lowest BCUT2D eigenvalue weighted by Gasteiger charge is -2.07. The minimum Gasteiger partial charge on any atom is -0.497 e. The fourth-order valence-corrected chi connectivity index (χ4v) is 2.08. The van der Waals surface area contributed by atoms with Gasteiger partial charge in [-0.2, -0.15) is 0 Å². The van der Waals surface area contributed by atoms with Crippen molar-refractivity contribution < 1.29 is 9.47 Å². The summed E-state index contributed by atoms with van der Waals surface area (Å²) in [6.07, 6.45) is 0. The Morgan fingerprint density at radius 3 is 2.38 bits per heavy atom. The summed E-state index contributed by atoms with van der Waals surface area (Å²) in [6, 6.07) is 14.9. The number of pyridine rings is 2. The van der Waals surface area contributed by atoms with Crippen LogP contribution in [0.5, 0.6) is 11.6 Å².